The van der Waals surface area contributed by atoms with E-state index in [1.54, 1.807) is 11.8 Å². The molecule has 92 valence electrons. The molecular weight excluding hydrogens is 234 g/mol. The molecule has 4 heteroatoms. The third kappa shape index (κ3) is 3.48. The first-order valence-corrected chi connectivity index (χ1v) is 6.71. The van der Waals surface area contributed by atoms with E-state index >= 15 is 0 Å². The molecule has 0 bridgehead atoms. The molecule has 0 aromatic heterocycles. The van der Waals surface area contributed by atoms with Gasteiger partial charge in [-0.3, -0.25) is 4.79 Å². The van der Waals surface area contributed by atoms with E-state index in [2.05, 4.69) is 37.4 Å². The molecule has 1 aliphatic rings. The van der Waals surface area contributed by atoms with Crippen LogP contribution in [0.25, 0.3) is 0 Å². The molecule has 0 saturated carbocycles. The van der Waals surface area contributed by atoms with Crippen molar-refractivity contribution >= 4 is 17.7 Å². The number of hydrogen-bond acceptors (Lipinski definition) is 3. The maximum Gasteiger partial charge on any atom is 0.230 e. The standard InChI is InChI=1S/C13H17NO2S/c1-9-3-4-10(2)12(5-9)17-8-13(15)14-11-6-16-7-11/h3-5,11H,6-8H2,1-2H3,(H,14,15). The van der Waals surface area contributed by atoms with E-state index in [0.717, 1.165) is 0 Å². The number of hydrogen-bond donors (Lipinski definition) is 1. The van der Waals surface area contributed by atoms with Crippen LogP contribution in [-0.2, 0) is 9.53 Å². The Hall–Kier alpha value is -1.00. The Bertz CT molecular complexity index is 416. The number of rotatable bonds is 4. The van der Waals surface area contributed by atoms with Crippen molar-refractivity contribution in [1.29, 1.82) is 0 Å². The van der Waals surface area contributed by atoms with Crippen LogP contribution in [0.15, 0.2) is 23.1 Å². The molecule has 0 unspecified atom stereocenters. The van der Waals surface area contributed by atoms with Gasteiger partial charge >= 0.3 is 0 Å². The molecule has 1 saturated heterocycles. The summed E-state index contributed by atoms with van der Waals surface area (Å²) in [4.78, 5) is 12.8. The van der Waals surface area contributed by atoms with Crippen LogP contribution in [0.2, 0.25) is 0 Å². The lowest BCUT2D eigenvalue weighted by Crippen LogP contribution is -2.49. The molecule has 17 heavy (non-hydrogen) atoms. The average molecular weight is 251 g/mol. The Balaban J connectivity index is 1.83. The zero-order valence-corrected chi connectivity index (χ0v) is 11.0. The van der Waals surface area contributed by atoms with E-state index in [4.69, 9.17) is 4.74 Å². The van der Waals surface area contributed by atoms with Gasteiger partial charge in [-0.1, -0.05) is 17.7 Å². The molecule has 0 aliphatic carbocycles. The van der Waals surface area contributed by atoms with Crippen LogP contribution in [0.3, 0.4) is 0 Å². The van der Waals surface area contributed by atoms with Crippen LogP contribution in [0, 0.1) is 13.8 Å². The molecule has 2 rings (SSSR count). The number of ether oxygens (including phenoxy) is 1. The van der Waals surface area contributed by atoms with Gasteiger partial charge in [-0.15, -0.1) is 11.8 Å². The monoisotopic (exact) mass is 251 g/mol. The number of amides is 1. The maximum absolute atomic E-state index is 11.6. The van der Waals surface area contributed by atoms with Gasteiger partial charge in [0.1, 0.15) is 0 Å². The number of nitrogens with one attached hydrogen (secondary N) is 1. The Morgan fingerprint density at radius 3 is 2.88 bits per heavy atom. The van der Waals surface area contributed by atoms with Gasteiger partial charge in [-0.05, 0) is 25.5 Å². The first-order valence-electron chi connectivity index (χ1n) is 5.72. The molecule has 1 N–H and O–H groups in total. The van der Waals surface area contributed by atoms with Gasteiger partial charge in [0.25, 0.3) is 0 Å². The van der Waals surface area contributed by atoms with Crippen molar-refractivity contribution in [3.63, 3.8) is 0 Å². The smallest absolute Gasteiger partial charge is 0.230 e. The van der Waals surface area contributed by atoms with Crippen molar-refractivity contribution < 1.29 is 9.53 Å². The summed E-state index contributed by atoms with van der Waals surface area (Å²) in [6.45, 7) is 5.44. The summed E-state index contributed by atoms with van der Waals surface area (Å²) in [7, 11) is 0. The predicted octanol–water partition coefficient (Wildman–Crippen LogP) is 1.91. The lowest BCUT2D eigenvalue weighted by atomic mass is 10.2. The van der Waals surface area contributed by atoms with E-state index < -0.39 is 0 Å². The highest BCUT2D eigenvalue weighted by atomic mass is 32.2. The summed E-state index contributed by atoms with van der Waals surface area (Å²) in [6, 6.07) is 6.53. The Labute approximate surface area is 106 Å². The van der Waals surface area contributed by atoms with Crippen molar-refractivity contribution in [2.75, 3.05) is 19.0 Å². The number of carbonyl (C=O) groups is 1. The first-order chi connectivity index (χ1) is 8.15. The molecule has 3 nitrogen and oxygen atoms in total. The van der Waals surface area contributed by atoms with E-state index in [1.807, 2.05) is 0 Å². The van der Waals surface area contributed by atoms with E-state index in [0.29, 0.717) is 19.0 Å². The minimum Gasteiger partial charge on any atom is -0.377 e. The van der Waals surface area contributed by atoms with Gasteiger partial charge in [0.05, 0.1) is 25.0 Å². The Kier molecular flexibility index (Phi) is 4.07. The van der Waals surface area contributed by atoms with Crippen LogP contribution in [0.4, 0.5) is 0 Å². The second kappa shape index (κ2) is 5.56. The Morgan fingerprint density at radius 2 is 2.24 bits per heavy atom. The molecule has 1 heterocycles. The van der Waals surface area contributed by atoms with Crippen molar-refractivity contribution in [2.24, 2.45) is 0 Å². The van der Waals surface area contributed by atoms with Crippen LogP contribution >= 0.6 is 11.8 Å². The summed E-state index contributed by atoms with van der Waals surface area (Å²) in [5, 5.41) is 2.94. The third-order valence-electron chi connectivity index (χ3n) is 2.71. The van der Waals surface area contributed by atoms with Gasteiger partial charge in [0.15, 0.2) is 0 Å². The van der Waals surface area contributed by atoms with E-state index in [-0.39, 0.29) is 11.9 Å². The molecule has 0 atom stereocenters. The van der Waals surface area contributed by atoms with Gasteiger partial charge < -0.3 is 10.1 Å². The van der Waals surface area contributed by atoms with Crippen molar-refractivity contribution in [3.8, 4) is 0 Å². The SMILES string of the molecule is Cc1ccc(C)c(SCC(=O)NC2COC2)c1. The second-order valence-electron chi connectivity index (χ2n) is 4.36. The minimum absolute atomic E-state index is 0.0872. The predicted molar refractivity (Wildman–Crippen MR) is 69.4 cm³/mol. The fourth-order valence-corrected chi connectivity index (χ4v) is 2.53. The minimum atomic E-state index is 0.0872. The maximum atomic E-state index is 11.6. The highest BCUT2D eigenvalue weighted by Crippen LogP contribution is 2.23. The van der Waals surface area contributed by atoms with Gasteiger partial charge in [0.2, 0.25) is 5.91 Å². The molecule has 1 amide bonds. The van der Waals surface area contributed by atoms with Crippen molar-refractivity contribution in [1.82, 2.24) is 5.32 Å². The van der Waals surface area contributed by atoms with Crippen molar-refractivity contribution in [2.45, 2.75) is 24.8 Å². The van der Waals surface area contributed by atoms with Crippen molar-refractivity contribution in [3.05, 3.63) is 29.3 Å². The number of aryl methyl sites for hydroxylation is 2. The molecule has 0 radical (unpaired) electrons. The summed E-state index contributed by atoms with van der Waals surface area (Å²) in [5.41, 5.74) is 2.45. The fraction of sp³-hybridized carbons (Fsp3) is 0.462. The Morgan fingerprint density at radius 1 is 1.47 bits per heavy atom. The van der Waals surface area contributed by atoms with Crippen LogP contribution < -0.4 is 5.32 Å². The molecule has 1 fully saturated rings. The lowest BCUT2D eigenvalue weighted by Gasteiger charge is -2.26. The number of thioether (sulfide) groups is 1. The van der Waals surface area contributed by atoms with Crippen LogP contribution in [0.5, 0.6) is 0 Å². The lowest BCUT2D eigenvalue weighted by molar-refractivity contribution is -0.122. The molecular formula is C13H17NO2S. The largest absolute Gasteiger partial charge is 0.377 e. The molecule has 1 aromatic carbocycles. The highest BCUT2D eigenvalue weighted by molar-refractivity contribution is 8.00. The normalized spacial score (nSPS) is 15.4. The third-order valence-corrected chi connectivity index (χ3v) is 3.86. The van der Waals surface area contributed by atoms with E-state index in [1.165, 1.54) is 16.0 Å². The zero-order chi connectivity index (χ0) is 12.3. The summed E-state index contributed by atoms with van der Waals surface area (Å²) in [5.74, 6) is 0.560. The highest BCUT2D eigenvalue weighted by Gasteiger charge is 2.20. The number of benzene rings is 1. The second-order valence-corrected chi connectivity index (χ2v) is 5.38. The van der Waals surface area contributed by atoms with Crippen LogP contribution in [-0.4, -0.2) is 30.9 Å². The molecule has 1 aliphatic heterocycles. The fourth-order valence-electron chi connectivity index (χ4n) is 1.59. The molecule has 1 aromatic rings. The summed E-state index contributed by atoms with van der Waals surface area (Å²) < 4.78 is 5.01. The van der Waals surface area contributed by atoms with Gasteiger partial charge in [-0.2, -0.15) is 0 Å². The average Bonchev–Trinajstić information content (AvgIpc) is 2.25. The summed E-state index contributed by atoms with van der Waals surface area (Å²) in [6.07, 6.45) is 0. The first kappa shape index (κ1) is 12.5. The molecule has 0 spiro atoms. The summed E-state index contributed by atoms with van der Waals surface area (Å²) >= 11 is 1.59. The quantitative estimate of drug-likeness (QED) is 0.831. The van der Waals surface area contributed by atoms with Gasteiger partial charge in [-0.25, -0.2) is 0 Å². The topological polar surface area (TPSA) is 38.3 Å². The van der Waals surface area contributed by atoms with Gasteiger partial charge in [0, 0.05) is 4.90 Å². The zero-order valence-electron chi connectivity index (χ0n) is 10.2. The number of carbonyl (C=O) groups excluding carboxylic acids is 1. The van der Waals surface area contributed by atoms with Crippen LogP contribution in [0.1, 0.15) is 11.1 Å². The van der Waals surface area contributed by atoms with E-state index in [9.17, 15) is 4.79 Å².